The molecule has 0 saturated carbocycles. The van der Waals surface area contributed by atoms with E-state index in [-0.39, 0.29) is 5.56 Å². The Labute approximate surface area is 162 Å². The van der Waals surface area contributed by atoms with Crippen LogP contribution >= 0.6 is 0 Å². The zero-order chi connectivity index (χ0) is 19.9. The second-order valence-corrected chi connectivity index (χ2v) is 5.74. The second-order valence-electron chi connectivity index (χ2n) is 5.74. The molecule has 0 aromatic carbocycles. The maximum atomic E-state index is 12.8. The van der Waals surface area contributed by atoms with E-state index in [4.69, 9.17) is 10.00 Å². The normalized spacial score (nSPS) is 13.4. The Morgan fingerprint density at radius 1 is 1.14 bits per heavy atom. The molecule has 1 saturated heterocycles. The van der Waals surface area contributed by atoms with E-state index in [1.165, 1.54) is 17.2 Å². The minimum absolute atomic E-state index is 0.270. The van der Waals surface area contributed by atoms with Crippen LogP contribution in [0.5, 0.6) is 0 Å². The highest BCUT2D eigenvalue weighted by atomic mass is 16.5. The van der Waals surface area contributed by atoms with Gasteiger partial charge in [0, 0.05) is 43.3 Å². The third-order valence-corrected chi connectivity index (χ3v) is 4.15. The monoisotopic (exact) mass is 379 g/mol. The Kier molecular flexibility index (Phi) is 6.14. The SMILES string of the molecule is CC.N#Cc1cncc(-c2c[nH]n(-c3cc(N4CCOCC4)ncn3)c2=O)c1. The molecule has 9 nitrogen and oxygen atoms in total. The van der Waals surface area contributed by atoms with Crippen LogP contribution in [-0.4, -0.2) is 51.0 Å². The summed E-state index contributed by atoms with van der Waals surface area (Å²) in [5, 5.41) is 11.9. The van der Waals surface area contributed by atoms with Gasteiger partial charge in [0.25, 0.3) is 5.56 Å². The largest absolute Gasteiger partial charge is 0.378 e. The number of H-pyrrole nitrogens is 1. The highest BCUT2D eigenvalue weighted by molar-refractivity contribution is 5.62. The van der Waals surface area contributed by atoms with Gasteiger partial charge in [0.05, 0.1) is 24.3 Å². The fourth-order valence-electron chi connectivity index (χ4n) is 2.82. The predicted molar refractivity (Wildman–Crippen MR) is 104 cm³/mol. The summed E-state index contributed by atoms with van der Waals surface area (Å²) in [6.07, 6.45) is 6.02. The molecule has 1 fully saturated rings. The van der Waals surface area contributed by atoms with Crippen LogP contribution < -0.4 is 10.5 Å². The molecule has 4 heterocycles. The van der Waals surface area contributed by atoms with Gasteiger partial charge in [-0.1, -0.05) is 13.8 Å². The third-order valence-electron chi connectivity index (χ3n) is 4.15. The van der Waals surface area contributed by atoms with Gasteiger partial charge < -0.3 is 9.64 Å². The first-order chi connectivity index (χ1) is 13.8. The van der Waals surface area contributed by atoms with E-state index >= 15 is 0 Å². The number of hydrogen-bond acceptors (Lipinski definition) is 7. The number of pyridine rings is 1. The number of aromatic nitrogens is 5. The number of morpholine rings is 1. The molecule has 0 amide bonds. The number of ether oxygens (including phenoxy) is 1. The summed E-state index contributed by atoms with van der Waals surface area (Å²) >= 11 is 0. The summed E-state index contributed by atoms with van der Waals surface area (Å²) < 4.78 is 6.70. The molecule has 144 valence electrons. The van der Waals surface area contributed by atoms with Crippen molar-refractivity contribution in [3.63, 3.8) is 0 Å². The third kappa shape index (κ3) is 3.92. The van der Waals surface area contributed by atoms with Crippen LogP contribution in [0.15, 0.2) is 41.8 Å². The molecule has 0 radical (unpaired) electrons. The van der Waals surface area contributed by atoms with Crippen LogP contribution in [0.4, 0.5) is 5.82 Å². The highest BCUT2D eigenvalue weighted by Gasteiger charge is 2.16. The Morgan fingerprint density at radius 2 is 1.89 bits per heavy atom. The molecule has 0 aliphatic carbocycles. The molecule has 0 spiro atoms. The van der Waals surface area contributed by atoms with E-state index in [2.05, 4.69) is 25.0 Å². The average molecular weight is 379 g/mol. The maximum absolute atomic E-state index is 12.8. The van der Waals surface area contributed by atoms with Crippen molar-refractivity contribution in [3.8, 4) is 23.0 Å². The lowest BCUT2D eigenvalue weighted by Crippen LogP contribution is -2.36. The van der Waals surface area contributed by atoms with Gasteiger partial charge >= 0.3 is 0 Å². The second kappa shape index (κ2) is 8.92. The fraction of sp³-hybridized carbons (Fsp3) is 0.316. The molecule has 9 heteroatoms. The van der Waals surface area contributed by atoms with E-state index in [0.717, 1.165) is 18.9 Å². The van der Waals surface area contributed by atoms with Crippen molar-refractivity contribution in [1.82, 2.24) is 24.7 Å². The zero-order valence-corrected chi connectivity index (χ0v) is 15.8. The van der Waals surface area contributed by atoms with Gasteiger partial charge in [0.1, 0.15) is 18.2 Å². The van der Waals surface area contributed by atoms with Crippen LogP contribution in [0, 0.1) is 11.3 Å². The van der Waals surface area contributed by atoms with Crippen LogP contribution in [-0.2, 0) is 4.74 Å². The number of rotatable bonds is 3. The number of nitrogens with zero attached hydrogens (tertiary/aromatic N) is 6. The highest BCUT2D eigenvalue weighted by Crippen LogP contribution is 2.17. The van der Waals surface area contributed by atoms with E-state index in [0.29, 0.717) is 35.7 Å². The van der Waals surface area contributed by atoms with E-state index < -0.39 is 0 Å². The molecule has 0 bridgehead atoms. The van der Waals surface area contributed by atoms with Gasteiger partial charge in [-0.25, -0.2) is 14.6 Å². The van der Waals surface area contributed by atoms with Gasteiger partial charge in [-0.05, 0) is 6.07 Å². The van der Waals surface area contributed by atoms with E-state index in [9.17, 15) is 4.79 Å². The molecule has 28 heavy (non-hydrogen) atoms. The van der Waals surface area contributed by atoms with Crippen LogP contribution in [0.1, 0.15) is 19.4 Å². The van der Waals surface area contributed by atoms with Gasteiger partial charge in [-0.3, -0.25) is 14.9 Å². The number of anilines is 1. The average Bonchev–Trinajstić information content (AvgIpc) is 3.17. The molecule has 3 aromatic rings. The lowest BCUT2D eigenvalue weighted by Gasteiger charge is -2.27. The van der Waals surface area contributed by atoms with Crippen molar-refractivity contribution in [2.45, 2.75) is 13.8 Å². The smallest absolute Gasteiger partial charge is 0.280 e. The Balaban J connectivity index is 0.00000109. The summed E-state index contributed by atoms with van der Waals surface area (Å²) in [5.74, 6) is 1.19. The quantitative estimate of drug-likeness (QED) is 0.737. The molecule has 1 N–H and O–H groups in total. The van der Waals surface area contributed by atoms with Crippen molar-refractivity contribution < 1.29 is 4.74 Å². The van der Waals surface area contributed by atoms with E-state index in [1.807, 2.05) is 19.9 Å². The Hall–Kier alpha value is -3.51. The van der Waals surface area contributed by atoms with Crippen LogP contribution in [0.3, 0.4) is 0 Å². The molecule has 3 aromatic heterocycles. The lowest BCUT2D eigenvalue weighted by molar-refractivity contribution is 0.122. The molecule has 0 unspecified atom stereocenters. The van der Waals surface area contributed by atoms with Crippen molar-refractivity contribution >= 4 is 5.82 Å². The molecule has 1 aliphatic rings. The van der Waals surface area contributed by atoms with Gasteiger partial charge in [-0.15, -0.1) is 0 Å². The lowest BCUT2D eigenvalue weighted by atomic mass is 10.1. The molecular formula is C19H21N7O2. The summed E-state index contributed by atoms with van der Waals surface area (Å²) in [5.41, 5.74) is 1.12. The molecule has 4 rings (SSSR count). The summed E-state index contributed by atoms with van der Waals surface area (Å²) in [4.78, 5) is 27.4. The van der Waals surface area contributed by atoms with Crippen molar-refractivity contribution in [1.29, 1.82) is 5.26 Å². The molecule has 1 aliphatic heterocycles. The first-order valence-corrected chi connectivity index (χ1v) is 9.07. The minimum atomic E-state index is -0.270. The maximum Gasteiger partial charge on any atom is 0.280 e. The fourth-order valence-corrected chi connectivity index (χ4v) is 2.82. The summed E-state index contributed by atoms with van der Waals surface area (Å²) in [6, 6.07) is 5.41. The van der Waals surface area contributed by atoms with Crippen molar-refractivity contribution in [2.75, 3.05) is 31.2 Å². The Bertz CT molecular complexity index is 1030. The predicted octanol–water partition coefficient (Wildman–Crippen LogP) is 1.75. The van der Waals surface area contributed by atoms with Gasteiger partial charge in [-0.2, -0.15) is 5.26 Å². The van der Waals surface area contributed by atoms with Crippen molar-refractivity contribution in [3.05, 3.63) is 53.0 Å². The number of hydrogen-bond donors (Lipinski definition) is 1. The summed E-state index contributed by atoms with van der Waals surface area (Å²) in [7, 11) is 0. The molecular weight excluding hydrogens is 358 g/mol. The van der Waals surface area contributed by atoms with Crippen molar-refractivity contribution in [2.24, 2.45) is 0 Å². The number of nitrogens with one attached hydrogen (secondary N) is 1. The number of nitriles is 1. The topological polar surface area (TPSA) is 113 Å². The van der Waals surface area contributed by atoms with Crippen LogP contribution in [0.25, 0.3) is 16.9 Å². The van der Waals surface area contributed by atoms with Gasteiger partial charge in [0.2, 0.25) is 0 Å². The first kappa shape index (κ1) is 19.3. The minimum Gasteiger partial charge on any atom is -0.378 e. The summed E-state index contributed by atoms with van der Waals surface area (Å²) in [6.45, 7) is 6.78. The van der Waals surface area contributed by atoms with E-state index in [1.54, 1.807) is 24.5 Å². The Morgan fingerprint density at radius 3 is 2.64 bits per heavy atom. The first-order valence-electron chi connectivity index (χ1n) is 9.07. The standard InChI is InChI=1S/C17H15N7O2.C2H6/c18-7-12-5-13(9-19-8-12)14-10-22-24(17(14)25)16-6-15(20-11-21-16)23-1-3-26-4-2-23;1-2/h5-6,8-11,22H,1-4H2;1-2H3. The molecule has 0 atom stereocenters. The number of aromatic amines is 1. The zero-order valence-electron chi connectivity index (χ0n) is 15.8. The van der Waals surface area contributed by atoms with Gasteiger partial charge in [0.15, 0.2) is 5.82 Å². The van der Waals surface area contributed by atoms with Crippen LogP contribution in [0.2, 0.25) is 0 Å².